The van der Waals surface area contributed by atoms with Crippen LogP contribution in [-0.2, 0) is 11.2 Å². The molecule has 0 bridgehead atoms. The fourth-order valence-corrected chi connectivity index (χ4v) is 4.31. The number of benzene rings is 1. The second kappa shape index (κ2) is 12.0. The van der Waals surface area contributed by atoms with Crippen molar-refractivity contribution in [2.24, 2.45) is 17.1 Å². The van der Waals surface area contributed by atoms with E-state index < -0.39 is 0 Å². The molecule has 176 valence electrons. The summed E-state index contributed by atoms with van der Waals surface area (Å²) in [5.41, 5.74) is 9.16. The third kappa shape index (κ3) is 8.94. The molecule has 1 fully saturated rings. The molecule has 1 unspecified atom stereocenters. The molecule has 0 aliphatic carbocycles. The molecule has 0 aromatic heterocycles. The van der Waals surface area contributed by atoms with Crippen molar-refractivity contribution in [2.75, 3.05) is 31.1 Å². The highest BCUT2D eigenvalue weighted by molar-refractivity contribution is 5.85. The van der Waals surface area contributed by atoms with Gasteiger partial charge in [0, 0.05) is 31.4 Å². The molecule has 0 saturated carbocycles. The number of carbonyl (C=O) groups excluding carboxylic acids is 1. The van der Waals surface area contributed by atoms with Gasteiger partial charge in [-0.1, -0.05) is 60.1 Å². The maximum atomic E-state index is 12.4. The van der Waals surface area contributed by atoms with Crippen molar-refractivity contribution >= 4 is 11.5 Å². The molecule has 1 aromatic rings. The topological polar surface area (TPSA) is 49.6 Å². The van der Waals surface area contributed by atoms with Gasteiger partial charge in [-0.3, -0.25) is 9.69 Å². The van der Waals surface area contributed by atoms with Gasteiger partial charge < -0.3 is 10.6 Å². The van der Waals surface area contributed by atoms with Crippen LogP contribution in [0.4, 0.5) is 5.69 Å². The van der Waals surface area contributed by atoms with Crippen LogP contribution in [0.25, 0.3) is 0 Å². The number of hydrogen-bond acceptors (Lipinski definition) is 4. The number of nitrogens with zero attached hydrogens (tertiary/aromatic N) is 2. The van der Waals surface area contributed by atoms with Gasteiger partial charge in [0.2, 0.25) is 0 Å². The lowest BCUT2D eigenvalue weighted by Crippen LogP contribution is -2.42. The third-order valence-corrected chi connectivity index (χ3v) is 6.46. The van der Waals surface area contributed by atoms with Crippen LogP contribution in [0.5, 0.6) is 0 Å². The monoisotopic (exact) mass is 429 g/mol. The standard InChI is InChI=1S/C27H47N3O/c1-7-8-25(28)26(31)20-29-17-15-24(19-29)30(18-14-21(2)3)23-11-9-22(10-12-23)13-16-27(4,5)6/h9-12,21,24-25H,7-8,13-20,28H2,1-6H3/t24-,25?/m0/s1. The normalized spacial score (nSPS) is 18.5. The summed E-state index contributed by atoms with van der Waals surface area (Å²) in [6.45, 7) is 17.1. The Morgan fingerprint density at radius 3 is 2.45 bits per heavy atom. The highest BCUT2D eigenvalue weighted by Gasteiger charge is 2.30. The van der Waals surface area contributed by atoms with E-state index in [1.54, 1.807) is 0 Å². The van der Waals surface area contributed by atoms with Gasteiger partial charge in [-0.05, 0) is 61.1 Å². The fraction of sp³-hybridized carbons (Fsp3) is 0.741. The number of nitrogens with two attached hydrogens (primary N) is 1. The second-order valence-electron chi connectivity index (χ2n) is 11.1. The molecule has 2 rings (SSSR count). The molecule has 4 heteroatoms. The Morgan fingerprint density at radius 1 is 1.19 bits per heavy atom. The Morgan fingerprint density at radius 2 is 1.87 bits per heavy atom. The summed E-state index contributed by atoms with van der Waals surface area (Å²) in [5, 5.41) is 0. The average Bonchev–Trinajstić information content (AvgIpc) is 3.15. The SMILES string of the molecule is CCCC(N)C(=O)CN1CC[C@H](N(CCC(C)C)c2ccc(CCC(C)(C)C)cc2)C1. The fourth-order valence-electron chi connectivity index (χ4n) is 4.31. The summed E-state index contributed by atoms with van der Waals surface area (Å²) in [6, 6.07) is 9.40. The van der Waals surface area contributed by atoms with E-state index in [9.17, 15) is 4.79 Å². The summed E-state index contributed by atoms with van der Waals surface area (Å²) in [4.78, 5) is 17.3. The van der Waals surface area contributed by atoms with Crippen LogP contribution < -0.4 is 10.6 Å². The zero-order chi connectivity index (χ0) is 23.0. The first kappa shape index (κ1) is 25.9. The summed E-state index contributed by atoms with van der Waals surface area (Å²) < 4.78 is 0. The smallest absolute Gasteiger partial charge is 0.163 e. The Balaban J connectivity index is 2.02. The number of ketones is 1. The zero-order valence-electron chi connectivity index (χ0n) is 21.0. The van der Waals surface area contributed by atoms with E-state index in [0.717, 1.165) is 45.3 Å². The first-order chi connectivity index (χ1) is 14.6. The Kier molecular flexibility index (Phi) is 10.0. The van der Waals surface area contributed by atoms with E-state index in [2.05, 4.69) is 75.6 Å². The van der Waals surface area contributed by atoms with Crippen LogP contribution in [0.1, 0.15) is 79.2 Å². The van der Waals surface area contributed by atoms with Gasteiger partial charge in [0.15, 0.2) is 5.78 Å². The number of Topliss-reactive ketones (excluding diaryl/α,β-unsaturated/α-hetero) is 1. The van der Waals surface area contributed by atoms with E-state index in [4.69, 9.17) is 5.73 Å². The molecule has 0 radical (unpaired) electrons. The minimum atomic E-state index is -0.304. The number of anilines is 1. The number of rotatable bonds is 12. The largest absolute Gasteiger partial charge is 0.367 e. The number of likely N-dealkylation sites (tertiary alicyclic amines) is 1. The number of hydrogen-bond donors (Lipinski definition) is 1. The van der Waals surface area contributed by atoms with Crippen molar-refractivity contribution in [3.63, 3.8) is 0 Å². The minimum absolute atomic E-state index is 0.194. The summed E-state index contributed by atoms with van der Waals surface area (Å²) in [7, 11) is 0. The molecular weight excluding hydrogens is 382 g/mol. The summed E-state index contributed by atoms with van der Waals surface area (Å²) in [5.74, 6) is 0.874. The molecular formula is C27H47N3O. The number of carbonyl (C=O) groups is 1. The van der Waals surface area contributed by atoms with Crippen LogP contribution >= 0.6 is 0 Å². The third-order valence-electron chi connectivity index (χ3n) is 6.46. The molecule has 0 amide bonds. The van der Waals surface area contributed by atoms with Crippen molar-refractivity contribution in [1.29, 1.82) is 0 Å². The molecule has 2 N–H and O–H groups in total. The van der Waals surface area contributed by atoms with Crippen LogP contribution in [0.2, 0.25) is 0 Å². The zero-order valence-corrected chi connectivity index (χ0v) is 21.0. The highest BCUT2D eigenvalue weighted by atomic mass is 16.1. The van der Waals surface area contributed by atoms with Crippen molar-refractivity contribution in [3.05, 3.63) is 29.8 Å². The van der Waals surface area contributed by atoms with Gasteiger partial charge in [-0.15, -0.1) is 0 Å². The molecule has 1 aliphatic rings. The summed E-state index contributed by atoms with van der Waals surface area (Å²) >= 11 is 0. The van der Waals surface area contributed by atoms with Gasteiger partial charge in [-0.25, -0.2) is 0 Å². The highest BCUT2D eigenvalue weighted by Crippen LogP contribution is 2.27. The maximum Gasteiger partial charge on any atom is 0.163 e. The van der Waals surface area contributed by atoms with Crippen LogP contribution in [0.3, 0.4) is 0 Å². The molecule has 2 atom stereocenters. The molecule has 1 aliphatic heterocycles. The van der Waals surface area contributed by atoms with Crippen LogP contribution in [0, 0.1) is 11.3 Å². The second-order valence-corrected chi connectivity index (χ2v) is 11.1. The Hall–Kier alpha value is -1.39. The first-order valence-electron chi connectivity index (χ1n) is 12.4. The lowest BCUT2D eigenvalue weighted by molar-refractivity contribution is -0.121. The minimum Gasteiger partial charge on any atom is -0.367 e. The van der Waals surface area contributed by atoms with E-state index in [1.165, 1.54) is 24.1 Å². The van der Waals surface area contributed by atoms with E-state index in [0.29, 0.717) is 23.9 Å². The molecule has 4 nitrogen and oxygen atoms in total. The van der Waals surface area contributed by atoms with Gasteiger partial charge >= 0.3 is 0 Å². The van der Waals surface area contributed by atoms with Gasteiger partial charge in [0.25, 0.3) is 0 Å². The first-order valence-corrected chi connectivity index (χ1v) is 12.4. The van der Waals surface area contributed by atoms with Gasteiger partial charge in [0.1, 0.15) is 0 Å². The molecule has 0 spiro atoms. The van der Waals surface area contributed by atoms with Crippen LogP contribution in [-0.4, -0.2) is 48.9 Å². The Labute approximate surface area is 191 Å². The van der Waals surface area contributed by atoms with E-state index in [1.807, 2.05) is 0 Å². The quantitative estimate of drug-likeness (QED) is 0.490. The number of aryl methyl sites for hydroxylation is 1. The van der Waals surface area contributed by atoms with Crippen molar-refractivity contribution in [1.82, 2.24) is 4.90 Å². The van der Waals surface area contributed by atoms with Gasteiger partial charge in [0.05, 0.1) is 12.6 Å². The van der Waals surface area contributed by atoms with Crippen molar-refractivity contribution in [2.45, 2.75) is 92.2 Å². The molecule has 1 heterocycles. The molecule has 1 saturated heterocycles. The average molecular weight is 430 g/mol. The van der Waals surface area contributed by atoms with Gasteiger partial charge in [-0.2, -0.15) is 0 Å². The summed E-state index contributed by atoms with van der Waals surface area (Å²) in [6.07, 6.45) is 6.38. The lowest BCUT2D eigenvalue weighted by Gasteiger charge is -2.32. The predicted octanol–water partition coefficient (Wildman–Crippen LogP) is 5.29. The Bertz CT molecular complexity index is 662. The maximum absolute atomic E-state index is 12.4. The molecule has 1 aromatic carbocycles. The molecule has 31 heavy (non-hydrogen) atoms. The lowest BCUT2D eigenvalue weighted by atomic mass is 9.89. The van der Waals surface area contributed by atoms with Crippen molar-refractivity contribution < 1.29 is 4.79 Å². The van der Waals surface area contributed by atoms with E-state index >= 15 is 0 Å². The van der Waals surface area contributed by atoms with E-state index in [-0.39, 0.29) is 11.8 Å². The predicted molar refractivity (Wildman–Crippen MR) is 134 cm³/mol. The van der Waals surface area contributed by atoms with Crippen molar-refractivity contribution in [3.8, 4) is 0 Å². The van der Waals surface area contributed by atoms with Crippen LogP contribution in [0.15, 0.2) is 24.3 Å².